The second kappa shape index (κ2) is 4.24. The van der Waals surface area contributed by atoms with Crippen LogP contribution in [-0.2, 0) is 11.2 Å². The predicted octanol–water partition coefficient (Wildman–Crippen LogP) is 2.30. The van der Waals surface area contributed by atoms with E-state index in [1.807, 2.05) is 0 Å². The van der Waals surface area contributed by atoms with E-state index in [1.165, 1.54) is 10.4 Å². The van der Waals surface area contributed by atoms with Crippen LogP contribution in [0.5, 0.6) is 0 Å². The van der Waals surface area contributed by atoms with E-state index >= 15 is 0 Å². The average molecular weight is 209 g/mol. The number of piperidine rings is 1. The third-order valence-corrected chi connectivity index (χ3v) is 3.78. The Morgan fingerprint density at radius 3 is 3.21 bits per heavy atom. The van der Waals surface area contributed by atoms with E-state index in [0.717, 1.165) is 13.0 Å². The number of thiophene rings is 1. The lowest BCUT2D eigenvalue weighted by atomic mass is 9.99. The molecule has 0 aromatic carbocycles. The maximum absolute atomic E-state index is 11.3. The van der Waals surface area contributed by atoms with Crippen LogP contribution >= 0.6 is 11.3 Å². The lowest BCUT2D eigenvalue weighted by molar-refractivity contribution is -0.120. The quantitative estimate of drug-likeness (QED) is 0.809. The Labute approximate surface area is 88.3 Å². The number of hydrogen-bond donors (Lipinski definition) is 1. The van der Waals surface area contributed by atoms with Gasteiger partial charge in [0.1, 0.15) is 5.78 Å². The first kappa shape index (κ1) is 9.87. The smallest absolute Gasteiger partial charge is 0.136 e. The van der Waals surface area contributed by atoms with Gasteiger partial charge in [-0.15, -0.1) is 11.3 Å². The first-order valence-corrected chi connectivity index (χ1v) is 6.00. The van der Waals surface area contributed by atoms with Gasteiger partial charge in [-0.25, -0.2) is 0 Å². The lowest BCUT2D eigenvalue weighted by Crippen LogP contribution is -2.31. The molecule has 1 saturated heterocycles. The second-order valence-corrected chi connectivity index (χ2v) is 4.61. The van der Waals surface area contributed by atoms with Gasteiger partial charge in [-0.05, 0) is 23.4 Å². The van der Waals surface area contributed by atoms with Gasteiger partial charge in [0.25, 0.3) is 0 Å². The molecule has 1 unspecified atom stereocenters. The summed E-state index contributed by atoms with van der Waals surface area (Å²) in [7, 11) is 0. The van der Waals surface area contributed by atoms with Crippen molar-refractivity contribution in [1.82, 2.24) is 5.32 Å². The van der Waals surface area contributed by atoms with Crippen LogP contribution in [0.2, 0.25) is 0 Å². The van der Waals surface area contributed by atoms with Crippen molar-refractivity contribution < 1.29 is 4.79 Å². The number of ketones is 1. The highest BCUT2D eigenvalue weighted by Gasteiger charge is 2.22. The molecule has 2 heterocycles. The van der Waals surface area contributed by atoms with Crippen molar-refractivity contribution in [2.75, 3.05) is 6.54 Å². The topological polar surface area (TPSA) is 29.1 Å². The third kappa shape index (κ3) is 1.88. The van der Waals surface area contributed by atoms with Crippen molar-refractivity contribution in [2.45, 2.75) is 32.2 Å². The van der Waals surface area contributed by atoms with Gasteiger partial charge in [-0.1, -0.05) is 6.92 Å². The van der Waals surface area contributed by atoms with Crippen molar-refractivity contribution in [2.24, 2.45) is 0 Å². The summed E-state index contributed by atoms with van der Waals surface area (Å²) in [6, 6.07) is 2.45. The summed E-state index contributed by atoms with van der Waals surface area (Å²) in [6.07, 6.45) is 2.43. The van der Waals surface area contributed by atoms with E-state index in [1.54, 1.807) is 11.3 Å². The minimum atomic E-state index is 0.284. The molecule has 2 rings (SSSR count). The Bertz CT molecular complexity index is 332. The molecule has 1 aromatic heterocycles. The molecule has 1 aliphatic heterocycles. The van der Waals surface area contributed by atoms with E-state index in [-0.39, 0.29) is 6.04 Å². The van der Waals surface area contributed by atoms with Crippen LogP contribution < -0.4 is 5.32 Å². The van der Waals surface area contributed by atoms with Crippen LogP contribution in [0.1, 0.15) is 36.2 Å². The molecule has 0 radical (unpaired) electrons. The molecule has 3 heteroatoms. The minimum absolute atomic E-state index is 0.284. The molecule has 76 valence electrons. The third-order valence-electron chi connectivity index (χ3n) is 2.70. The largest absolute Gasteiger partial charge is 0.308 e. The van der Waals surface area contributed by atoms with Crippen LogP contribution in [0.25, 0.3) is 0 Å². The van der Waals surface area contributed by atoms with Gasteiger partial charge in [0.15, 0.2) is 0 Å². The number of Topliss-reactive ketones (excluding diaryl/α,β-unsaturated/α-hetero) is 1. The number of rotatable bonds is 2. The van der Waals surface area contributed by atoms with E-state index in [2.05, 4.69) is 23.7 Å². The van der Waals surface area contributed by atoms with Crippen LogP contribution in [0.3, 0.4) is 0 Å². The monoisotopic (exact) mass is 209 g/mol. The Hall–Kier alpha value is -0.670. The molecule has 1 N–H and O–H groups in total. The second-order valence-electron chi connectivity index (χ2n) is 3.66. The normalized spacial score (nSPS) is 22.6. The van der Waals surface area contributed by atoms with Crippen LogP contribution in [0, 0.1) is 0 Å². The number of hydrogen-bond acceptors (Lipinski definition) is 3. The predicted molar refractivity (Wildman–Crippen MR) is 58.7 cm³/mol. The molecule has 1 fully saturated rings. The number of nitrogens with one attached hydrogen (secondary N) is 1. The van der Waals surface area contributed by atoms with Gasteiger partial charge in [0.2, 0.25) is 0 Å². The Morgan fingerprint density at radius 1 is 1.64 bits per heavy atom. The molecule has 2 nitrogen and oxygen atoms in total. The summed E-state index contributed by atoms with van der Waals surface area (Å²) < 4.78 is 0. The molecule has 0 amide bonds. The lowest BCUT2D eigenvalue weighted by Gasteiger charge is -2.22. The van der Waals surface area contributed by atoms with Crippen LogP contribution in [0.4, 0.5) is 0 Å². The fourth-order valence-corrected chi connectivity index (χ4v) is 2.99. The maximum atomic E-state index is 11.3. The summed E-state index contributed by atoms with van der Waals surface area (Å²) >= 11 is 1.77. The zero-order valence-corrected chi connectivity index (χ0v) is 9.19. The fraction of sp³-hybridized carbons (Fsp3) is 0.545. The van der Waals surface area contributed by atoms with Gasteiger partial charge < -0.3 is 5.32 Å². The molecule has 1 atom stereocenters. The first-order valence-electron chi connectivity index (χ1n) is 5.12. The molecule has 1 aromatic rings. The Kier molecular flexibility index (Phi) is 2.99. The van der Waals surface area contributed by atoms with E-state index < -0.39 is 0 Å². The molecule has 0 spiro atoms. The number of carbonyl (C=O) groups excluding carboxylic acids is 1. The summed E-state index contributed by atoms with van der Waals surface area (Å²) in [5.41, 5.74) is 1.39. The molecule has 14 heavy (non-hydrogen) atoms. The van der Waals surface area contributed by atoms with Crippen LogP contribution in [0.15, 0.2) is 11.4 Å². The molecule has 0 saturated carbocycles. The zero-order valence-electron chi connectivity index (χ0n) is 8.38. The van der Waals surface area contributed by atoms with Gasteiger partial charge in [0.05, 0.1) is 0 Å². The van der Waals surface area contributed by atoms with Crippen molar-refractivity contribution in [3.63, 3.8) is 0 Å². The minimum Gasteiger partial charge on any atom is -0.308 e. The van der Waals surface area contributed by atoms with E-state index in [0.29, 0.717) is 18.6 Å². The van der Waals surface area contributed by atoms with Gasteiger partial charge in [-0.2, -0.15) is 0 Å². The van der Waals surface area contributed by atoms with Gasteiger partial charge >= 0.3 is 0 Å². The van der Waals surface area contributed by atoms with Crippen molar-refractivity contribution in [3.8, 4) is 0 Å². The average Bonchev–Trinajstić information content (AvgIpc) is 2.65. The Morgan fingerprint density at radius 2 is 2.50 bits per heavy atom. The van der Waals surface area contributed by atoms with Crippen molar-refractivity contribution in [3.05, 3.63) is 21.9 Å². The molecule has 0 aliphatic carbocycles. The summed E-state index contributed by atoms with van der Waals surface area (Å²) in [5, 5.41) is 5.54. The van der Waals surface area contributed by atoms with Crippen LogP contribution in [-0.4, -0.2) is 12.3 Å². The molecular weight excluding hydrogens is 194 g/mol. The van der Waals surface area contributed by atoms with Gasteiger partial charge in [0, 0.05) is 30.3 Å². The van der Waals surface area contributed by atoms with E-state index in [4.69, 9.17) is 0 Å². The SMILES string of the molecule is CCc1ccsc1C1CC(=O)CCN1. The first-order chi connectivity index (χ1) is 6.81. The van der Waals surface area contributed by atoms with Crippen molar-refractivity contribution >= 4 is 17.1 Å². The number of aryl methyl sites for hydroxylation is 1. The maximum Gasteiger partial charge on any atom is 0.136 e. The summed E-state index contributed by atoms with van der Waals surface area (Å²) in [4.78, 5) is 12.7. The highest BCUT2D eigenvalue weighted by molar-refractivity contribution is 7.10. The molecule has 0 bridgehead atoms. The standard InChI is InChI=1S/C11H15NOS/c1-2-8-4-6-14-11(8)10-7-9(13)3-5-12-10/h4,6,10,12H,2-3,5,7H2,1H3. The highest BCUT2D eigenvalue weighted by Crippen LogP contribution is 2.29. The van der Waals surface area contributed by atoms with E-state index in [9.17, 15) is 4.79 Å². The Balaban J connectivity index is 2.17. The summed E-state index contributed by atoms with van der Waals surface area (Å²) in [5.74, 6) is 0.393. The zero-order chi connectivity index (χ0) is 9.97. The number of carbonyl (C=O) groups is 1. The highest BCUT2D eigenvalue weighted by atomic mass is 32.1. The van der Waals surface area contributed by atoms with Gasteiger partial charge in [-0.3, -0.25) is 4.79 Å². The molecule has 1 aliphatic rings. The fourth-order valence-electron chi connectivity index (χ4n) is 1.92. The van der Waals surface area contributed by atoms with Crippen molar-refractivity contribution in [1.29, 1.82) is 0 Å². The molecular formula is C11H15NOS. The summed E-state index contributed by atoms with van der Waals surface area (Å²) in [6.45, 7) is 3.00.